The number of aromatic amines is 1. The molecule has 0 bridgehead atoms. The zero-order valence-electron chi connectivity index (χ0n) is 7.28. The van der Waals surface area contributed by atoms with Gasteiger partial charge < -0.3 is 4.98 Å². The van der Waals surface area contributed by atoms with Crippen molar-refractivity contribution in [2.45, 2.75) is 6.92 Å². The third-order valence-electron chi connectivity index (χ3n) is 1.69. The van der Waals surface area contributed by atoms with Crippen LogP contribution in [-0.2, 0) is 0 Å². The molecule has 2 N–H and O–H groups in total. The van der Waals surface area contributed by atoms with Gasteiger partial charge in [0.1, 0.15) is 0 Å². The summed E-state index contributed by atoms with van der Waals surface area (Å²) in [6.45, 7) is 1.84. The highest BCUT2D eigenvalue weighted by Gasteiger charge is 1.98. The Labute approximate surface area is 75.7 Å². The predicted molar refractivity (Wildman–Crippen MR) is 53.9 cm³/mol. The standard InChI is InChI=1S/C9H10N4/c1-2-10-13-9-11-7-5-3-4-6-8(7)12-9/h2-6H,1H3,(H2,11,12,13). The fourth-order valence-corrected chi connectivity index (χ4v) is 1.13. The lowest BCUT2D eigenvalue weighted by Gasteiger charge is -1.89. The van der Waals surface area contributed by atoms with E-state index in [1.54, 1.807) is 6.21 Å². The van der Waals surface area contributed by atoms with Gasteiger partial charge in [-0.15, -0.1) is 0 Å². The van der Waals surface area contributed by atoms with Crippen LogP contribution in [0.5, 0.6) is 0 Å². The van der Waals surface area contributed by atoms with E-state index < -0.39 is 0 Å². The lowest BCUT2D eigenvalue weighted by molar-refractivity contribution is 1.21. The number of benzene rings is 1. The summed E-state index contributed by atoms with van der Waals surface area (Å²) in [5.41, 5.74) is 4.74. The summed E-state index contributed by atoms with van der Waals surface area (Å²) in [5.74, 6) is 0.666. The molecule has 0 saturated carbocycles. The van der Waals surface area contributed by atoms with E-state index in [0.29, 0.717) is 5.95 Å². The largest absolute Gasteiger partial charge is 0.323 e. The first-order valence-electron chi connectivity index (χ1n) is 4.08. The van der Waals surface area contributed by atoms with E-state index in [-0.39, 0.29) is 0 Å². The van der Waals surface area contributed by atoms with Crippen LogP contribution in [0.4, 0.5) is 5.95 Å². The van der Waals surface area contributed by atoms with Crippen LogP contribution in [0, 0.1) is 0 Å². The number of nitrogens with one attached hydrogen (secondary N) is 2. The van der Waals surface area contributed by atoms with Gasteiger partial charge in [0.2, 0.25) is 5.95 Å². The second-order valence-electron chi connectivity index (χ2n) is 2.60. The molecule has 0 fully saturated rings. The fraction of sp³-hybridized carbons (Fsp3) is 0.111. The summed E-state index contributed by atoms with van der Waals surface area (Å²) >= 11 is 0. The number of imidazole rings is 1. The normalized spacial score (nSPS) is 11.2. The summed E-state index contributed by atoms with van der Waals surface area (Å²) in [6.07, 6.45) is 1.67. The van der Waals surface area contributed by atoms with Crippen molar-refractivity contribution >= 4 is 23.2 Å². The average Bonchev–Trinajstić information content (AvgIpc) is 2.57. The summed E-state index contributed by atoms with van der Waals surface area (Å²) < 4.78 is 0. The minimum atomic E-state index is 0.666. The molecule has 2 rings (SSSR count). The van der Waals surface area contributed by atoms with Gasteiger partial charge in [0.25, 0.3) is 0 Å². The number of hydrogen-bond donors (Lipinski definition) is 2. The van der Waals surface area contributed by atoms with E-state index in [1.807, 2.05) is 31.2 Å². The van der Waals surface area contributed by atoms with Crippen LogP contribution in [0.3, 0.4) is 0 Å². The molecule has 0 spiro atoms. The number of aromatic nitrogens is 2. The smallest absolute Gasteiger partial charge is 0.222 e. The number of para-hydroxylation sites is 2. The van der Waals surface area contributed by atoms with Crippen molar-refractivity contribution < 1.29 is 0 Å². The molecule has 0 aliphatic carbocycles. The first-order valence-corrected chi connectivity index (χ1v) is 4.08. The Morgan fingerprint density at radius 3 is 3.08 bits per heavy atom. The highest BCUT2D eigenvalue weighted by molar-refractivity contribution is 5.77. The summed E-state index contributed by atoms with van der Waals surface area (Å²) in [5, 5.41) is 3.87. The van der Waals surface area contributed by atoms with Crippen LogP contribution in [0.2, 0.25) is 0 Å². The molecule has 0 aliphatic heterocycles. The molecule has 4 nitrogen and oxygen atoms in total. The molecule has 4 heteroatoms. The number of hydrazone groups is 1. The van der Waals surface area contributed by atoms with Crippen molar-refractivity contribution in [3.63, 3.8) is 0 Å². The third kappa shape index (κ3) is 1.51. The number of anilines is 1. The van der Waals surface area contributed by atoms with Crippen molar-refractivity contribution in [3.8, 4) is 0 Å². The molecular formula is C9H10N4. The predicted octanol–water partition coefficient (Wildman–Crippen LogP) is 1.98. The van der Waals surface area contributed by atoms with Gasteiger partial charge in [0.05, 0.1) is 11.0 Å². The summed E-state index contributed by atoms with van der Waals surface area (Å²) in [4.78, 5) is 7.36. The summed E-state index contributed by atoms with van der Waals surface area (Å²) in [6, 6.07) is 7.85. The van der Waals surface area contributed by atoms with E-state index in [0.717, 1.165) is 11.0 Å². The molecule has 2 aromatic rings. The molecule has 0 radical (unpaired) electrons. The Morgan fingerprint density at radius 1 is 1.46 bits per heavy atom. The van der Waals surface area contributed by atoms with Gasteiger partial charge >= 0.3 is 0 Å². The Kier molecular flexibility index (Phi) is 1.96. The zero-order valence-corrected chi connectivity index (χ0v) is 7.28. The van der Waals surface area contributed by atoms with Crippen molar-refractivity contribution in [1.82, 2.24) is 9.97 Å². The minimum Gasteiger partial charge on any atom is -0.323 e. The number of H-pyrrole nitrogens is 1. The van der Waals surface area contributed by atoms with Crippen molar-refractivity contribution in [2.24, 2.45) is 5.10 Å². The highest BCUT2D eigenvalue weighted by Crippen LogP contribution is 2.12. The van der Waals surface area contributed by atoms with Crippen LogP contribution >= 0.6 is 0 Å². The SMILES string of the molecule is CC=NNc1nc2ccccc2[nH]1. The zero-order chi connectivity index (χ0) is 9.10. The average molecular weight is 174 g/mol. The third-order valence-corrected chi connectivity index (χ3v) is 1.69. The van der Waals surface area contributed by atoms with E-state index in [4.69, 9.17) is 0 Å². The van der Waals surface area contributed by atoms with E-state index >= 15 is 0 Å². The van der Waals surface area contributed by atoms with Crippen molar-refractivity contribution in [3.05, 3.63) is 24.3 Å². The topological polar surface area (TPSA) is 53.1 Å². The summed E-state index contributed by atoms with van der Waals surface area (Å²) in [7, 11) is 0. The second-order valence-corrected chi connectivity index (χ2v) is 2.60. The number of nitrogens with zero attached hydrogens (tertiary/aromatic N) is 2. The molecule has 1 aromatic carbocycles. The van der Waals surface area contributed by atoms with Crippen LogP contribution in [0.1, 0.15) is 6.92 Å². The Bertz CT molecular complexity index is 397. The molecule has 1 aromatic heterocycles. The Morgan fingerprint density at radius 2 is 2.31 bits per heavy atom. The lowest BCUT2D eigenvalue weighted by Crippen LogP contribution is -1.89. The fourth-order valence-electron chi connectivity index (χ4n) is 1.13. The monoisotopic (exact) mass is 174 g/mol. The molecule has 0 aliphatic rings. The molecule has 0 unspecified atom stereocenters. The van der Waals surface area contributed by atoms with Crippen LogP contribution in [0.15, 0.2) is 29.4 Å². The first-order chi connectivity index (χ1) is 6.40. The number of hydrogen-bond acceptors (Lipinski definition) is 3. The molecule has 0 atom stereocenters. The first kappa shape index (κ1) is 7.79. The molecule has 1 heterocycles. The number of fused-ring (bicyclic) bond motifs is 1. The van der Waals surface area contributed by atoms with E-state index in [1.165, 1.54) is 0 Å². The maximum atomic E-state index is 4.27. The molecule has 66 valence electrons. The van der Waals surface area contributed by atoms with Gasteiger partial charge in [-0.2, -0.15) is 5.10 Å². The van der Waals surface area contributed by atoms with Crippen LogP contribution in [-0.4, -0.2) is 16.2 Å². The molecule has 0 saturated heterocycles. The second kappa shape index (κ2) is 3.26. The molecule has 13 heavy (non-hydrogen) atoms. The van der Waals surface area contributed by atoms with Gasteiger partial charge in [0.15, 0.2) is 0 Å². The molecule has 0 amide bonds. The van der Waals surface area contributed by atoms with E-state index in [2.05, 4.69) is 20.5 Å². The van der Waals surface area contributed by atoms with Gasteiger partial charge in [-0.1, -0.05) is 12.1 Å². The minimum absolute atomic E-state index is 0.666. The number of rotatable bonds is 2. The van der Waals surface area contributed by atoms with Gasteiger partial charge in [-0.25, -0.2) is 10.4 Å². The Hall–Kier alpha value is -1.84. The molecular weight excluding hydrogens is 164 g/mol. The lowest BCUT2D eigenvalue weighted by atomic mass is 10.3. The maximum Gasteiger partial charge on any atom is 0.222 e. The van der Waals surface area contributed by atoms with Gasteiger partial charge in [-0.3, -0.25) is 0 Å². The van der Waals surface area contributed by atoms with E-state index in [9.17, 15) is 0 Å². The highest BCUT2D eigenvalue weighted by atomic mass is 15.3. The quantitative estimate of drug-likeness (QED) is 0.540. The van der Waals surface area contributed by atoms with Gasteiger partial charge in [-0.05, 0) is 19.1 Å². The van der Waals surface area contributed by atoms with Crippen molar-refractivity contribution in [2.75, 3.05) is 5.43 Å². The van der Waals surface area contributed by atoms with Crippen LogP contribution < -0.4 is 5.43 Å². The Balaban J connectivity index is 2.38. The maximum absolute atomic E-state index is 4.27. The van der Waals surface area contributed by atoms with Crippen molar-refractivity contribution in [1.29, 1.82) is 0 Å². The van der Waals surface area contributed by atoms with Crippen LogP contribution in [0.25, 0.3) is 11.0 Å². The van der Waals surface area contributed by atoms with Gasteiger partial charge in [0, 0.05) is 6.21 Å².